The van der Waals surface area contributed by atoms with Crippen molar-refractivity contribution in [3.8, 4) is 17.0 Å². The van der Waals surface area contributed by atoms with Gasteiger partial charge in [-0.3, -0.25) is 18.7 Å². The second-order valence-electron chi connectivity index (χ2n) is 7.92. The highest BCUT2D eigenvalue weighted by Crippen LogP contribution is 2.24. The average molecular weight is 496 g/mol. The number of amides is 2. The molecule has 0 bridgehead atoms. The second-order valence-corrected chi connectivity index (χ2v) is 7.92. The Hall–Kier alpha value is -4.32. The number of nitrogens with zero attached hydrogens (tertiary/aromatic N) is 6. The summed E-state index contributed by atoms with van der Waals surface area (Å²) in [5.41, 5.74) is 1.70. The molecule has 4 rings (SSSR count). The van der Waals surface area contributed by atoms with E-state index in [1.807, 2.05) is 6.07 Å². The van der Waals surface area contributed by atoms with Crippen LogP contribution in [-0.4, -0.2) is 81.5 Å². The number of rotatable bonds is 10. The summed E-state index contributed by atoms with van der Waals surface area (Å²) in [5, 5.41) is 6.81. The highest BCUT2D eigenvalue weighted by Gasteiger charge is 2.25. The zero-order valence-corrected chi connectivity index (χ0v) is 20.1. The summed E-state index contributed by atoms with van der Waals surface area (Å²) in [7, 11) is 4.77. The first-order chi connectivity index (χ1) is 17.4. The van der Waals surface area contributed by atoms with Crippen LogP contribution in [0.4, 0.5) is 10.2 Å². The maximum absolute atomic E-state index is 13.1. The zero-order chi connectivity index (χ0) is 25.7. The Labute approximate surface area is 206 Å². The van der Waals surface area contributed by atoms with Crippen LogP contribution in [-0.2, 0) is 11.8 Å². The normalized spacial score (nSPS) is 11.0. The van der Waals surface area contributed by atoms with E-state index in [-0.39, 0.29) is 29.6 Å². The van der Waals surface area contributed by atoms with E-state index in [2.05, 4.69) is 20.4 Å². The summed E-state index contributed by atoms with van der Waals surface area (Å²) in [6.45, 7) is 0.147. The fourth-order valence-corrected chi connectivity index (χ4v) is 3.56. The Morgan fingerprint density at radius 3 is 2.81 bits per heavy atom. The molecule has 36 heavy (non-hydrogen) atoms. The molecule has 0 saturated carbocycles. The highest BCUT2D eigenvalue weighted by molar-refractivity contribution is 6.10. The molecule has 1 N–H and O–H groups in total. The molecule has 3 aromatic heterocycles. The second kappa shape index (κ2) is 11.0. The third kappa shape index (κ3) is 5.33. The first-order valence-corrected chi connectivity index (χ1v) is 11.1. The Morgan fingerprint density at radius 2 is 2.03 bits per heavy atom. The van der Waals surface area contributed by atoms with Gasteiger partial charge in [-0.25, -0.2) is 9.37 Å². The van der Waals surface area contributed by atoms with Gasteiger partial charge in [-0.05, 0) is 18.2 Å². The average Bonchev–Trinajstić information content (AvgIpc) is 3.49. The molecule has 0 spiro atoms. The molecule has 0 saturated heterocycles. The Morgan fingerprint density at radius 1 is 1.19 bits per heavy atom. The van der Waals surface area contributed by atoms with Gasteiger partial charge >= 0.3 is 0 Å². The quantitative estimate of drug-likeness (QED) is 0.359. The van der Waals surface area contributed by atoms with Crippen LogP contribution in [0, 0.1) is 0 Å². The maximum Gasteiger partial charge on any atom is 0.275 e. The fourth-order valence-electron chi connectivity index (χ4n) is 3.56. The molecule has 0 aliphatic carbocycles. The first kappa shape index (κ1) is 24.8. The summed E-state index contributed by atoms with van der Waals surface area (Å²) in [4.78, 5) is 36.3. The minimum absolute atomic E-state index is 0.0212. The predicted molar refractivity (Wildman–Crippen MR) is 130 cm³/mol. The van der Waals surface area contributed by atoms with Gasteiger partial charge in [0.1, 0.15) is 30.5 Å². The SMILES string of the molecule is COCCN(C)C(=O)c1cnn(C)c1C(=O)Nc1ccn2cc(-c3cccc(OCCF)c3)nc2n1. The van der Waals surface area contributed by atoms with Crippen molar-refractivity contribution in [2.24, 2.45) is 7.05 Å². The number of anilines is 1. The molecule has 12 heteroatoms. The van der Waals surface area contributed by atoms with Gasteiger partial charge in [0.05, 0.1) is 24.1 Å². The van der Waals surface area contributed by atoms with Crippen LogP contribution in [0.25, 0.3) is 17.0 Å². The number of aryl methyl sites for hydroxylation is 1. The Bertz CT molecular complexity index is 1380. The molecule has 3 heterocycles. The largest absolute Gasteiger partial charge is 0.491 e. The molecule has 0 fully saturated rings. The zero-order valence-electron chi connectivity index (χ0n) is 20.1. The lowest BCUT2D eigenvalue weighted by atomic mass is 10.1. The number of carbonyl (C=O) groups is 2. The van der Waals surface area contributed by atoms with E-state index in [4.69, 9.17) is 9.47 Å². The van der Waals surface area contributed by atoms with E-state index in [9.17, 15) is 14.0 Å². The van der Waals surface area contributed by atoms with E-state index in [0.29, 0.717) is 30.4 Å². The van der Waals surface area contributed by atoms with E-state index < -0.39 is 12.6 Å². The van der Waals surface area contributed by atoms with Crippen LogP contribution in [0.1, 0.15) is 20.8 Å². The van der Waals surface area contributed by atoms with Crippen molar-refractivity contribution in [2.75, 3.05) is 45.9 Å². The lowest BCUT2D eigenvalue weighted by Crippen LogP contribution is -2.31. The number of aromatic nitrogens is 5. The number of fused-ring (bicyclic) bond motifs is 1. The van der Waals surface area contributed by atoms with Crippen LogP contribution in [0.5, 0.6) is 5.75 Å². The Balaban J connectivity index is 1.54. The molecule has 0 unspecified atom stereocenters. The number of hydrogen-bond donors (Lipinski definition) is 1. The van der Waals surface area contributed by atoms with Gasteiger partial charge in [0, 0.05) is 45.7 Å². The minimum Gasteiger partial charge on any atom is -0.491 e. The van der Waals surface area contributed by atoms with Crippen LogP contribution in [0.15, 0.2) is 48.9 Å². The van der Waals surface area contributed by atoms with Crippen molar-refractivity contribution in [1.29, 1.82) is 0 Å². The van der Waals surface area contributed by atoms with Crippen molar-refractivity contribution in [3.05, 3.63) is 60.2 Å². The van der Waals surface area contributed by atoms with Crippen molar-refractivity contribution in [2.45, 2.75) is 0 Å². The number of carbonyl (C=O) groups excluding carboxylic acids is 2. The summed E-state index contributed by atoms with van der Waals surface area (Å²) >= 11 is 0. The molecule has 1 aromatic carbocycles. The number of nitrogens with one attached hydrogen (secondary N) is 1. The number of likely N-dealkylation sites (N-methyl/N-ethyl adjacent to an activating group) is 1. The van der Waals surface area contributed by atoms with Crippen molar-refractivity contribution >= 4 is 23.4 Å². The van der Waals surface area contributed by atoms with Gasteiger partial charge in [0.25, 0.3) is 11.8 Å². The maximum atomic E-state index is 13.1. The molecular formula is C24H26FN7O4. The van der Waals surface area contributed by atoms with Crippen LogP contribution in [0.2, 0.25) is 0 Å². The lowest BCUT2D eigenvalue weighted by Gasteiger charge is -2.16. The van der Waals surface area contributed by atoms with Gasteiger partial charge in [-0.2, -0.15) is 10.1 Å². The standard InChI is InChI=1S/C24H26FN7O4/c1-30(10-12-35-3)23(34)18-14-26-31(2)21(18)22(33)28-20-7-9-32-15-19(27-24(32)29-20)16-5-4-6-17(13-16)36-11-8-25/h4-7,9,13-15H,8,10-12H2,1-3H3,(H,27,28,29,33). The van der Waals surface area contributed by atoms with Crippen LogP contribution >= 0.6 is 0 Å². The summed E-state index contributed by atoms with van der Waals surface area (Å²) in [6.07, 6.45) is 4.87. The molecule has 0 aliphatic heterocycles. The number of ether oxygens (including phenoxy) is 2. The smallest absolute Gasteiger partial charge is 0.275 e. The highest BCUT2D eigenvalue weighted by atomic mass is 19.1. The summed E-state index contributed by atoms with van der Waals surface area (Å²) in [6, 6.07) is 8.79. The number of methoxy groups -OCH3 is 1. The van der Waals surface area contributed by atoms with Gasteiger partial charge in [-0.1, -0.05) is 12.1 Å². The molecule has 0 atom stereocenters. The van der Waals surface area contributed by atoms with Crippen molar-refractivity contribution in [3.63, 3.8) is 0 Å². The van der Waals surface area contributed by atoms with Crippen molar-refractivity contribution < 1.29 is 23.5 Å². The molecule has 4 aromatic rings. The molecule has 2 amide bonds. The van der Waals surface area contributed by atoms with E-state index in [1.165, 1.54) is 15.8 Å². The first-order valence-electron chi connectivity index (χ1n) is 11.1. The number of alkyl halides is 1. The minimum atomic E-state index is -0.573. The molecule has 0 aliphatic rings. The van der Waals surface area contributed by atoms with Gasteiger partial charge < -0.3 is 19.7 Å². The Kier molecular flexibility index (Phi) is 7.54. The van der Waals surface area contributed by atoms with E-state index in [1.54, 1.807) is 62.3 Å². The van der Waals surface area contributed by atoms with Crippen molar-refractivity contribution in [1.82, 2.24) is 29.0 Å². The number of imidazole rings is 1. The molecular weight excluding hydrogens is 469 g/mol. The van der Waals surface area contributed by atoms with E-state index in [0.717, 1.165) is 5.56 Å². The molecule has 11 nitrogen and oxygen atoms in total. The number of benzene rings is 1. The topological polar surface area (TPSA) is 116 Å². The van der Waals surface area contributed by atoms with Gasteiger partial charge in [-0.15, -0.1) is 0 Å². The summed E-state index contributed by atoms with van der Waals surface area (Å²) < 4.78 is 25.8. The number of halogens is 1. The third-order valence-corrected chi connectivity index (χ3v) is 5.41. The molecule has 0 radical (unpaired) electrons. The van der Waals surface area contributed by atoms with Crippen LogP contribution in [0.3, 0.4) is 0 Å². The molecule has 188 valence electrons. The van der Waals surface area contributed by atoms with Gasteiger partial charge in [0.2, 0.25) is 5.78 Å². The lowest BCUT2D eigenvalue weighted by molar-refractivity contribution is 0.0740. The fraction of sp³-hybridized carbons (Fsp3) is 0.292. The number of hydrogen-bond acceptors (Lipinski definition) is 7. The predicted octanol–water partition coefficient (Wildman–Crippen LogP) is 2.45. The van der Waals surface area contributed by atoms with Crippen LogP contribution < -0.4 is 10.1 Å². The third-order valence-electron chi connectivity index (χ3n) is 5.41. The van der Waals surface area contributed by atoms with Gasteiger partial charge in [0.15, 0.2) is 0 Å². The monoisotopic (exact) mass is 495 g/mol. The summed E-state index contributed by atoms with van der Waals surface area (Å²) in [5.74, 6) is 0.289. The van der Waals surface area contributed by atoms with E-state index >= 15 is 0 Å².